The Bertz CT molecular complexity index is 651. The number of benzene rings is 1. The van der Waals surface area contributed by atoms with Crippen LogP contribution in [0.2, 0.25) is 5.02 Å². The van der Waals surface area contributed by atoms with Crippen LogP contribution in [0.15, 0.2) is 18.2 Å². The Morgan fingerprint density at radius 3 is 2.46 bits per heavy atom. The minimum absolute atomic E-state index is 0.118. The topological polar surface area (TPSA) is 64.6 Å². The summed E-state index contributed by atoms with van der Waals surface area (Å²) in [6, 6.07) is 5.16. The van der Waals surface area contributed by atoms with Crippen molar-refractivity contribution in [3.8, 4) is 5.75 Å². The van der Waals surface area contributed by atoms with Crippen LogP contribution in [-0.4, -0.2) is 31.6 Å². The van der Waals surface area contributed by atoms with Crippen molar-refractivity contribution in [3.63, 3.8) is 0 Å². The lowest BCUT2D eigenvalue weighted by Crippen LogP contribution is -2.57. The number of hydrogen-bond acceptors (Lipinski definition) is 4. The minimum atomic E-state index is -0.934. The average Bonchev–Trinajstić information content (AvgIpc) is 2.62. The number of amides is 1. The molecule has 26 heavy (non-hydrogen) atoms. The second-order valence-electron chi connectivity index (χ2n) is 7.34. The van der Waals surface area contributed by atoms with Gasteiger partial charge in [0.2, 0.25) is 5.91 Å². The molecule has 5 nitrogen and oxygen atoms in total. The molecule has 1 N–H and O–H groups in total. The van der Waals surface area contributed by atoms with Gasteiger partial charge in [0.15, 0.2) is 0 Å². The van der Waals surface area contributed by atoms with Crippen LogP contribution in [0.1, 0.15) is 45.1 Å². The van der Waals surface area contributed by atoms with Crippen molar-refractivity contribution in [1.29, 1.82) is 0 Å². The first-order chi connectivity index (χ1) is 12.3. The fraction of sp³-hybridized carbons (Fsp3) is 0.600. The monoisotopic (exact) mass is 381 g/mol. The third kappa shape index (κ3) is 4.70. The molecule has 1 amide bonds. The number of carbonyl (C=O) groups is 2. The number of nitrogens with one attached hydrogen (secondary N) is 1. The van der Waals surface area contributed by atoms with E-state index in [-0.39, 0.29) is 18.3 Å². The highest BCUT2D eigenvalue weighted by atomic mass is 35.5. The third-order valence-corrected chi connectivity index (χ3v) is 5.62. The van der Waals surface area contributed by atoms with E-state index in [0.717, 1.165) is 18.4 Å². The van der Waals surface area contributed by atoms with Crippen LogP contribution in [-0.2, 0) is 20.7 Å². The van der Waals surface area contributed by atoms with Gasteiger partial charge in [-0.3, -0.25) is 4.79 Å². The number of esters is 1. The zero-order valence-electron chi connectivity index (χ0n) is 15.9. The summed E-state index contributed by atoms with van der Waals surface area (Å²) in [6.07, 6.45) is 3.12. The molecule has 2 rings (SSSR count). The molecule has 0 unspecified atom stereocenters. The highest BCUT2D eigenvalue weighted by Crippen LogP contribution is 2.37. The molecule has 1 aromatic rings. The number of carbonyl (C=O) groups excluding carboxylic acids is 2. The molecule has 1 aliphatic rings. The summed E-state index contributed by atoms with van der Waals surface area (Å²) >= 11 is 5.97. The third-order valence-electron chi connectivity index (χ3n) is 5.38. The molecule has 1 aromatic carbocycles. The van der Waals surface area contributed by atoms with Gasteiger partial charge in [0, 0.05) is 10.6 Å². The number of rotatable bonds is 6. The van der Waals surface area contributed by atoms with Gasteiger partial charge in [0.1, 0.15) is 11.3 Å². The van der Waals surface area contributed by atoms with Crippen molar-refractivity contribution in [2.24, 2.45) is 11.8 Å². The summed E-state index contributed by atoms with van der Waals surface area (Å²) in [5, 5.41) is 3.50. The van der Waals surface area contributed by atoms with Gasteiger partial charge in [-0.1, -0.05) is 31.5 Å². The van der Waals surface area contributed by atoms with Gasteiger partial charge in [0.25, 0.3) is 0 Å². The van der Waals surface area contributed by atoms with Crippen LogP contribution >= 0.6 is 11.6 Å². The quantitative estimate of drug-likeness (QED) is 0.762. The van der Waals surface area contributed by atoms with E-state index in [4.69, 9.17) is 21.1 Å². The standard InChI is InChI=1S/C20H28ClNO4/c1-13(2)14-7-9-20(10-8-14,19(24)26-4)22-18(23)11-15-5-6-16(21)12-17(15)25-3/h5-6,12-14H,7-11H2,1-4H3,(H,22,23). The molecule has 144 valence electrons. The molecule has 1 aliphatic carbocycles. The zero-order valence-corrected chi connectivity index (χ0v) is 16.7. The minimum Gasteiger partial charge on any atom is -0.496 e. The first-order valence-electron chi connectivity index (χ1n) is 9.03. The second-order valence-corrected chi connectivity index (χ2v) is 7.77. The van der Waals surface area contributed by atoms with Crippen LogP contribution in [0, 0.1) is 11.8 Å². The summed E-state index contributed by atoms with van der Waals surface area (Å²) in [5.41, 5.74) is -0.207. The second kappa shape index (κ2) is 8.76. The number of ether oxygens (including phenoxy) is 2. The lowest BCUT2D eigenvalue weighted by Gasteiger charge is -2.39. The van der Waals surface area contributed by atoms with Crippen LogP contribution in [0.5, 0.6) is 5.75 Å². The maximum atomic E-state index is 12.7. The smallest absolute Gasteiger partial charge is 0.331 e. The van der Waals surface area contributed by atoms with Crippen molar-refractivity contribution in [1.82, 2.24) is 5.32 Å². The van der Waals surface area contributed by atoms with Gasteiger partial charge in [-0.2, -0.15) is 0 Å². The molecule has 0 radical (unpaired) electrons. The molecular weight excluding hydrogens is 354 g/mol. The molecule has 6 heteroatoms. The molecular formula is C20H28ClNO4. The summed E-state index contributed by atoms with van der Waals surface area (Å²) in [5.74, 6) is 1.11. The van der Waals surface area contributed by atoms with Crippen molar-refractivity contribution in [2.45, 2.75) is 51.5 Å². The van der Waals surface area contributed by atoms with E-state index in [9.17, 15) is 9.59 Å². The molecule has 0 aliphatic heterocycles. The van der Waals surface area contributed by atoms with E-state index in [2.05, 4.69) is 19.2 Å². The van der Waals surface area contributed by atoms with E-state index in [1.54, 1.807) is 18.2 Å². The van der Waals surface area contributed by atoms with Gasteiger partial charge in [-0.25, -0.2) is 4.79 Å². The fourth-order valence-corrected chi connectivity index (χ4v) is 3.89. The van der Waals surface area contributed by atoms with E-state index >= 15 is 0 Å². The highest BCUT2D eigenvalue weighted by Gasteiger charge is 2.44. The van der Waals surface area contributed by atoms with Crippen LogP contribution in [0.4, 0.5) is 0 Å². The van der Waals surface area contributed by atoms with Gasteiger partial charge >= 0.3 is 5.97 Å². The predicted octanol–water partition coefficient (Wildman–Crippen LogP) is 3.77. The van der Waals surface area contributed by atoms with Gasteiger partial charge in [0.05, 0.1) is 20.6 Å². The zero-order chi connectivity index (χ0) is 19.3. The van der Waals surface area contributed by atoms with E-state index in [1.165, 1.54) is 14.2 Å². The fourth-order valence-electron chi connectivity index (χ4n) is 3.72. The Balaban J connectivity index is 2.12. The molecule has 0 bridgehead atoms. The largest absolute Gasteiger partial charge is 0.496 e. The van der Waals surface area contributed by atoms with Crippen molar-refractivity contribution < 1.29 is 19.1 Å². The molecule has 1 fully saturated rings. The first-order valence-corrected chi connectivity index (χ1v) is 9.41. The predicted molar refractivity (Wildman–Crippen MR) is 101 cm³/mol. The Morgan fingerprint density at radius 2 is 1.92 bits per heavy atom. The maximum absolute atomic E-state index is 12.7. The molecule has 0 saturated heterocycles. The lowest BCUT2D eigenvalue weighted by molar-refractivity contribution is -0.153. The highest BCUT2D eigenvalue weighted by molar-refractivity contribution is 6.30. The molecule has 0 aromatic heterocycles. The van der Waals surface area contributed by atoms with Crippen LogP contribution in [0.3, 0.4) is 0 Å². The number of methoxy groups -OCH3 is 2. The van der Waals surface area contributed by atoms with Crippen molar-refractivity contribution >= 4 is 23.5 Å². The number of halogens is 1. The van der Waals surface area contributed by atoms with Crippen molar-refractivity contribution in [2.75, 3.05) is 14.2 Å². The SMILES string of the molecule is COC(=O)C1(NC(=O)Cc2ccc(Cl)cc2OC)CCC(C(C)C)CC1. The molecule has 0 atom stereocenters. The van der Waals surface area contributed by atoms with E-state index in [0.29, 0.717) is 35.4 Å². The van der Waals surface area contributed by atoms with E-state index in [1.807, 2.05) is 0 Å². The summed E-state index contributed by atoms with van der Waals surface area (Å²) < 4.78 is 10.3. The molecule has 0 spiro atoms. The average molecular weight is 382 g/mol. The lowest BCUT2D eigenvalue weighted by atomic mass is 9.72. The van der Waals surface area contributed by atoms with Crippen molar-refractivity contribution in [3.05, 3.63) is 28.8 Å². The summed E-state index contributed by atoms with van der Waals surface area (Å²) in [6.45, 7) is 4.39. The molecule has 1 saturated carbocycles. The Labute approximate surface area is 160 Å². The summed E-state index contributed by atoms with van der Waals surface area (Å²) in [4.78, 5) is 25.1. The normalized spacial score (nSPS) is 22.8. The first kappa shape index (κ1) is 20.6. The van der Waals surface area contributed by atoms with Crippen LogP contribution in [0.25, 0.3) is 0 Å². The maximum Gasteiger partial charge on any atom is 0.331 e. The number of hydrogen-bond donors (Lipinski definition) is 1. The Morgan fingerprint density at radius 1 is 1.27 bits per heavy atom. The Kier molecular flexibility index (Phi) is 6.93. The Hall–Kier alpha value is -1.75. The van der Waals surface area contributed by atoms with Gasteiger partial charge < -0.3 is 14.8 Å². The van der Waals surface area contributed by atoms with Gasteiger partial charge in [-0.15, -0.1) is 0 Å². The van der Waals surface area contributed by atoms with Crippen LogP contribution < -0.4 is 10.1 Å². The van der Waals surface area contributed by atoms with E-state index < -0.39 is 5.54 Å². The summed E-state index contributed by atoms with van der Waals surface area (Å²) in [7, 11) is 2.91. The van der Waals surface area contributed by atoms with Gasteiger partial charge in [-0.05, 0) is 49.7 Å². The molecule has 0 heterocycles.